The summed E-state index contributed by atoms with van der Waals surface area (Å²) in [5, 5.41) is 8.93. The van der Waals surface area contributed by atoms with Gasteiger partial charge in [-0.05, 0) is 42.3 Å². The zero-order chi connectivity index (χ0) is 18.7. The van der Waals surface area contributed by atoms with Gasteiger partial charge in [-0.15, -0.1) is 0 Å². The van der Waals surface area contributed by atoms with E-state index >= 15 is 0 Å². The summed E-state index contributed by atoms with van der Waals surface area (Å²) in [6.07, 6.45) is 0. The maximum Gasteiger partial charge on any atom is 0.335 e. The normalized spacial score (nSPS) is 15.1. The summed E-state index contributed by atoms with van der Waals surface area (Å²) in [7, 11) is 0. The molecule has 5 nitrogen and oxygen atoms in total. The Kier molecular flexibility index (Phi) is 5.32. The van der Waals surface area contributed by atoms with Crippen LogP contribution in [0.2, 0.25) is 0 Å². The average molecular weight is 356 g/mol. The fraction of sp³-hybridized carbons (Fsp3) is 0.300. The molecule has 2 aromatic rings. The molecular weight excluding hydrogens is 335 g/mol. The molecule has 0 aromatic heterocycles. The summed E-state index contributed by atoms with van der Waals surface area (Å²) < 4.78 is 13.7. The second-order valence-corrected chi connectivity index (χ2v) is 6.53. The lowest BCUT2D eigenvalue weighted by atomic mass is 10.1. The Morgan fingerprint density at radius 3 is 2.19 bits per heavy atom. The number of halogens is 1. The Labute approximate surface area is 151 Å². The van der Waals surface area contributed by atoms with Crippen molar-refractivity contribution in [1.29, 1.82) is 0 Å². The van der Waals surface area contributed by atoms with Crippen LogP contribution in [-0.2, 0) is 6.54 Å². The van der Waals surface area contributed by atoms with E-state index in [-0.39, 0.29) is 17.3 Å². The Bertz CT molecular complexity index is 812. The number of aromatic carboxylic acids is 1. The standard InChI is InChI=1S/C20H21FN2O3/c1-14-2-5-17(12-18(14)21)19(24)23-10-8-22(9-11-23)13-15-3-6-16(7-4-15)20(25)26/h2-7,12H,8-11,13H2,1H3,(H,25,26). The molecule has 1 saturated heterocycles. The van der Waals surface area contributed by atoms with Gasteiger partial charge in [-0.3, -0.25) is 9.69 Å². The second-order valence-electron chi connectivity index (χ2n) is 6.53. The van der Waals surface area contributed by atoms with Crippen LogP contribution in [0.5, 0.6) is 0 Å². The number of hydrogen-bond donors (Lipinski definition) is 1. The van der Waals surface area contributed by atoms with Crippen molar-refractivity contribution in [2.24, 2.45) is 0 Å². The van der Waals surface area contributed by atoms with E-state index in [1.165, 1.54) is 6.07 Å². The van der Waals surface area contributed by atoms with Crippen molar-refractivity contribution in [2.45, 2.75) is 13.5 Å². The van der Waals surface area contributed by atoms with E-state index in [9.17, 15) is 14.0 Å². The van der Waals surface area contributed by atoms with E-state index in [4.69, 9.17) is 5.11 Å². The molecule has 136 valence electrons. The smallest absolute Gasteiger partial charge is 0.335 e. The Balaban J connectivity index is 1.56. The van der Waals surface area contributed by atoms with Gasteiger partial charge in [0.2, 0.25) is 0 Å². The monoisotopic (exact) mass is 356 g/mol. The van der Waals surface area contributed by atoms with E-state index in [2.05, 4.69) is 4.90 Å². The van der Waals surface area contributed by atoms with Crippen LogP contribution in [0.15, 0.2) is 42.5 Å². The molecule has 0 aliphatic carbocycles. The number of nitrogens with zero attached hydrogens (tertiary/aromatic N) is 2. The van der Waals surface area contributed by atoms with Crippen LogP contribution in [0.25, 0.3) is 0 Å². The van der Waals surface area contributed by atoms with Gasteiger partial charge in [0.15, 0.2) is 0 Å². The largest absolute Gasteiger partial charge is 0.478 e. The van der Waals surface area contributed by atoms with Crippen LogP contribution in [0, 0.1) is 12.7 Å². The third-order valence-electron chi connectivity index (χ3n) is 4.69. The molecule has 6 heteroatoms. The Morgan fingerprint density at radius 1 is 1.00 bits per heavy atom. The summed E-state index contributed by atoms with van der Waals surface area (Å²) in [5.41, 5.74) is 2.22. The molecular formula is C20H21FN2O3. The number of hydrogen-bond acceptors (Lipinski definition) is 3. The predicted molar refractivity (Wildman–Crippen MR) is 95.7 cm³/mol. The molecule has 0 bridgehead atoms. The molecule has 1 amide bonds. The maximum absolute atomic E-state index is 13.7. The zero-order valence-corrected chi connectivity index (χ0v) is 14.6. The van der Waals surface area contributed by atoms with Crippen LogP contribution in [0.1, 0.15) is 31.8 Å². The number of piperazine rings is 1. The van der Waals surface area contributed by atoms with Crippen molar-refractivity contribution in [3.63, 3.8) is 0 Å². The maximum atomic E-state index is 13.7. The van der Waals surface area contributed by atoms with Crippen molar-refractivity contribution in [3.8, 4) is 0 Å². The molecule has 1 fully saturated rings. The SMILES string of the molecule is Cc1ccc(C(=O)N2CCN(Cc3ccc(C(=O)O)cc3)CC2)cc1F. The lowest BCUT2D eigenvalue weighted by Gasteiger charge is -2.34. The number of amides is 1. The van der Waals surface area contributed by atoms with Crippen molar-refractivity contribution >= 4 is 11.9 Å². The summed E-state index contributed by atoms with van der Waals surface area (Å²) in [5.74, 6) is -1.44. The van der Waals surface area contributed by atoms with E-state index in [1.54, 1.807) is 36.1 Å². The number of aryl methyl sites for hydroxylation is 1. The first-order valence-corrected chi connectivity index (χ1v) is 8.54. The average Bonchev–Trinajstić information content (AvgIpc) is 2.64. The van der Waals surface area contributed by atoms with Crippen LogP contribution in [0.3, 0.4) is 0 Å². The number of benzene rings is 2. The van der Waals surface area contributed by atoms with Crippen molar-refractivity contribution in [2.75, 3.05) is 26.2 Å². The fourth-order valence-corrected chi connectivity index (χ4v) is 3.03. The lowest BCUT2D eigenvalue weighted by molar-refractivity contribution is 0.0627. The molecule has 1 N–H and O–H groups in total. The first-order valence-electron chi connectivity index (χ1n) is 8.54. The Morgan fingerprint density at radius 2 is 1.62 bits per heavy atom. The quantitative estimate of drug-likeness (QED) is 0.915. The topological polar surface area (TPSA) is 60.9 Å². The second kappa shape index (κ2) is 7.66. The molecule has 2 aromatic carbocycles. The number of carboxylic acids is 1. The van der Waals surface area contributed by atoms with Crippen molar-refractivity contribution in [3.05, 3.63) is 70.5 Å². The first kappa shape index (κ1) is 18.1. The number of carbonyl (C=O) groups is 2. The van der Waals surface area contributed by atoms with Gasteiger partial charge in [-0.2, -0.15) is 0 Å². The fourth-order valence-electron chi connectivity index (χ4n) is 3.03. The molecule has 0 saturated carbocycles. The van der Waals surface area contributed by atoms with Gasteiger partial charge < -0.3 is 10.0 Å². The Hall–Kier alpha value is -2.73. The molecule has 1 aliphatic heterocycles. The minimum absolute atomic E-state index is 0.144. The molecule has 26 heavy (non-hydrogen) atoms. The minimum Gasteiger partial charge on any atom is -0.478 e. The molecule has 1 heterocycles. The van der Waals surface area contributed by atoms with E-state index in [0.717, 1.165) is 18.7 Å². The zero-order valence-electron chi connectivity index (χ0n) is 14.6. The summed E-state index contributed by atoms with van der Waals surface area (Å²) in [6.45, 7) is 5.00. The first-order chi connectivity index (χ1) is 12.4. The van der Waals surface area contributed by atoms with E-state index < -0.39 is 5.97 Å². The molecule has 0 radical (unpaired) electrons. The lowest BCUT2D eigenvalue weighted by Crippen LogP contribution is -2.48. The van der Waals surface area contributed by atoms with Gasteiger partial charge in [-0.25, -0.2) is 9.18 Å². The third kappa shape index (κ3) is 4.08. The molecule has 3 rings (SSSR count). The predicted octanol–water partition coefficient (Wildman–Crippen LogP) is 2.79. The molecule has 1 aliphatic rings. The van der Waals surface area contributed by atoms with E-state index in [1.807, 2.05) is 12.1 Å². The number of carbonyl (C=O) groups excluding carboxylic acids is 1. The molecule has 0 unspecified atom stereocenters. The highest BCUT2D eigenvalue weighted by Gasteiger charge is 2.22. The van der Waals surface area contributed by atoms with Crippen molar-refractivity contribution < 1.29 is 19.1 Å². The van der Waals surface area contributed by atoms with Crippen LogP contribution < -0.4 is 0 Å². The van der Waals surface area contributed by atoms with Gasteiger partial charge in [0.05, 0.1) is 5.56 Å². The highest BCUT2D eigenvalue weighted by Crippen LogP contribution is 2.15. The highest BCUT2D eigenvalue weighted by atomic mass is 19.1. The molecule has 0 atom stereocenters. The van der Waals surface area contributed by atoms with Crippen LogP contribution >= 0.6 is 0 Å². The summed E-state index contributed by atoms with van der Waals surface area (Å²) in [4.78, 5) is 27.4. The number of carboxylic acid groups (broad SMARTS) is 1. The summed E-state index contributed by atoms with van der Waals surface area (Å²) in [6, 6.07) is 11.4. The minimum atomic E-state index is -0.934. The third-order valence-corrected chi connectivity index (χ3v) is 4.69. The van der Waals surface area contributed by atoms with Crippen LogP contribution in [-0.4, -0.2) is 53.0 Å². The van der Waals surface area contributed by atoms with Crippen LogP contribution in [0.4, 0.5) is 4.39 Å². The molecule has 0 spiro atoms. The van der Waals surface area contributed by atoms with Gasteiger partial charge in [-0.1, -0.05) is 18.2 Å². The highest BCUT2D eigenvalue weighted by molar-refractivity contribution is 5.94. The van der Waals surface area contributed by atoms with Gasteiger partial charge >= 0.3 is 5.97 Å². The van der Waals surface area contributed by atoms with Gasteiger partial charge in [0.25, 0.3) is 5.91 Å². The number of rotatable bonds is 4. The van der Waals surface area contributed by atoms with Gasteiger partial charge in [0, 0.05) is 38.3 Å². The van der Waals surface area contributed by atoms with Crippen molar-refractivity contribution in [1.82, 2.24) is 9.80 Å². The van der Waals surface area contributed by atoms with Gasteiger partial charge in [0.1, 0.15) is 5.82 Å². The summed E-state index contributed by atoms with van der Waals surface area (Å²) >= 11 is 0. The van der Waals surface area contributed by atoms with E-state index in [0.29, 0.717) is 30.8 Å².